The molecule has 88 valence electrons. The lowest BCUT2D eigenvalue weighted by Crippen LogP contribution is -2.19. The summed E-state index contributed by atoms with van der Waals surface area (Å²) in [6, 6.07) is 9.50. The molecule has 0 aliphatic heterocycles. The predicted molar refractivity (Wildman–Crippen MR) is 66.3 cm³/mol. The highest BCUT2D eigenvalue weighted by Crippen LogP contribution is 2.16. The topological polar surface area (TPSA) is 70.8 Å². The number of nitrogens with zero attached hydrogens (tertiary/aromatic N) is 3. The largest absolute Gasteiger partial charge is 0.412 e. The fourth-order valence-electron chi connectivity index (χ4n) is 2.02. The van der Waals surface area contributed by atoms with Crippen LogP contribution in [0.3, 0.4) is 0 Å². The highest BCUT2D eigenvalue weighted by molar-refractivity contribution is 5.79. The molecule has 0 saturated carbocycles. The first-order chi connectivity index (χ1) is 7.68. The van der Waals surface area contributed by atoms with Crippen LogP contribution in [0, 0.1) is 6.92 Å². The summed E-state index contributed by atoms with van der Waals surface area (Å²) in [4.78, 5) is 16.1. The van der Waals surface area contributed by atoms with Crippen molar-refractivity contribution in [2.75, 3.05) is 0 Å². The molecular formula is C12H13N3O2. The van der Waals surface area contributed by atoms with Crippen LogP contribution in [0.2, 0.25) is 0 Å². The maximum atomic E-state index is 11.6. The molecule has 0 atom stereocenters. The Morgan fingerprint density at radius 3 is 2.71 bits per heavy atom. The fraction of sp³-hybridized carbons (Fsp3) is 0.167. The molecule has 0 fully saturated rings. The van der Waals surface area contributed by atoms with Gasteiger partial charge in [-0.2, -0.15) is 0 Å². The zero-order valence-corrected chi connectivity index (χ0v) is 9.64. The second-order valence-electron chi connectivity index (χ2n) is 3.92. The van der Waals surface area contributed by atoms with Gasteiger partial charge in [-0.1, -0.05) is 12.1 Å². The van der Waals surface area contributed by atoms with Gasteiger partial charge in [-0.15, -0.1) is 0 Å². The molecule has 3 rings (SSSR count). The van der Waals surface area contributed by atoms with E-state index >= 15 is 0 Å². The first kappa shape index (κ1) is 11.3. The Morgan fingerprint density at radius 2 is 1.94 bits per heavy atom. The van der Waals surface area contributed by atoms with Gasteiger partial charge in [0.25, 0.3) is 5.56 Å². The Kier molecular flexibility index (Phi) is 2.48. The van der Waals surface area contributed by atoms with Crippen molar-refractivity contribution in [1.29, 1.82) is 0 Å². The van der Waals surface area contributed by atoms with Crippen molar-refractivity contribution in [3.63, 3.8) is 0 Å². The van der Waals surface area contributed by atoms with E-state index < -0.39 is 0 Å². The zero-order valence-electron chi connectivity index (χ0n) is 9.64. The lowest BCUT2D eigenvalue weighted by atomic mass is 10.3. The minimum absolute atomic E-state index is 0. The zero-order chi connectivity index (χ0) is 11.3. The standard InChI is InChI=1S/C12H11N3O.H2O/c1-8-7-11(16)14(2)12-13-9-5-3-4-6-10(9)15(8)12;/h3-7H,1-2H3;1H2. The van der Waals surface area contributed by atoms with Crippen LogP contribution in [-0.4, -0.2) is 19.4 Å². The Hall–Kier alpha value is -2.14. The van der Waals surface area contributed by atoms with E-state index in [1.54, 1.807) is 17.7 Å². The van der Waals surface area contributed by atoms with Crippen LogP contribution in [0.15, 0.2) is 35.1 Å². The summed E-state index contributed by atoms with van der Waals surface area (Å²) in [5, 5.41) is 0. The van der Waals surface area contributed by atoms with Gasteiger partial charge in [0.2, 0.25) is 5.78 Å². The van der Waals surface area contributed by atoms with Crippen LogP contribution in [0.25, 0.3) is 16.8 Å². The van der Waals surface area contributed by atoms with E-state index in [1.807, 2.05) is 35.6 Å². The quantitative estimate of drug-likeness (QED) is 0.570. The van der Waals surface area contributed by atoms with Crippen LogP contribution < -0.4 is 5.56 Å². The Labute approximate surface area is 97.3 Å². The van der Waals surface area contributed by atoms with Crippen molar-refractivity contribution in [1.82, 2.24) is 14.0 Å². The van der Waals surface area contributed by atoms with E-state index in [1.165, 1.54) is 0 Å². The molecule has 0 spiro atoms. The van der Waals surface area contributed by atoms with Crippen molar-refractivity contribution in [2.45, 2.75) is 6.92 Å². The van der Waals surface area contributed by atoms with Gasteiger partial charge >= 0.3 is 0 Å². The van der Waals surface area contributed by atoms with Crippen LogP contribution in [-0.2, 0) is 7.05 Å². The number of para-hydroxylation sites is 2. The lowest BCUT2D eigenvalue weighted by Gasteiger charge is -2.04. The highest BCUT2D eigenvalue weighted by atomic mass is 16.1. The third-order valence-corrected chi connectivity index (χ3v) is 2.86. The van der Waals surface area contributed by atoms with E-state index in [2.05, 4.69) is 4.98 Å². The molecule has 0 radical (unpaired) electrons. The normalized spacial score (nSPS) is 10.7. The number of rotatable bonds is 0. The van der Waals surface area contributed by atoms with Gasteiger partial charge in [0.05, 0.1) is 11.0 Å². The number of aryl methyl sites for hydroxylation is 2. The van der Waals surface area contributed by atoms with Gasteiger partial charge < -0.3 is 5.48 Å². The molecule has 5 heteroatoms. The molecule has 3 aromatic rings. The Balaban J connectivity index is 0.00000108. The van der Waals surface area contributed by atoms with Gasteiger partial charge in [0.1, 0.15) is 0 Å². The molecule has 0 aliphatic rings. The first-order valence-corrected chi connectivity index (χ1v) is 5.12. The molecule has 5 nitrogen and oxygen atoms in total. The Morgan fingerprint density at radius 1 is 1.24 bits per heavy atom. The second-order valence-corrected chi connectivity index (χ2v) is 3.92. The van der Waals surface area contributed by atoms with E-state index in [-0.39, 0.29) is 11.0 Å². The van der Waals surface area contributed by atoms with Crippen LogP contribution in [0.5, 0.6) is 0 Å². The highest BCUT2D eigenvalue weighted by Gasteiger charge is 2.09. The summed E-state index contributed by atoms with van der Waals surface area (Å²) < 4.78 is 3.56. The van der Waals surface area contributed by atoms with Crippen molar-refractivity contribution in [3.8, 4) is 0 Å². The average Bonchev–Trinajstić information content (AvgIpc) is 2.65. The van der Waals surface area contributed by atoms with E-state index in [0.29, 0.717) is 5.78 Å². The number of fused-ring (bicyclic) bond motifs is 3. The summed E-state index contributed by atoms with van der Waals surface area (Å²) in [5.41, 5.74) is 2.82. The lowest BCUT2D eigenvalue weighted by molar-refractivity contribution is 0.824. The molecule has 17 heavy (non-hydrogen) atoms. The molecule has 0 bridgehead atoms. The number of imidazole rings is 1. The Bertz CT molecular complexity index is 755. The van der Waals surface area contributed by atoms with Gasteiger partial charge in [0.15, 0.2) is 0 Å². The summed E-state index contributed by atoms with van der Waals surface area (Å²) in [5.74, 6) is 0.686. The van der Waals surface area contributed by atoms with Crippen LogP contribution in [0.4, 0.5) is 0 Å². The average molecular weight is 231 g/mol. The summed E-state index contributed by atoms with van der Waals surface area (Å²) in [6.45, 7) is 1.92. The van der Waals surface area contributed by atoms with Crippen molar-refractivity contribution in [3.05, 3.63) is 46.4 Å². The smallest absolute Gasteiger partial charge is 0.254 e. The number of benzene rings is 1. The molecule has 1 aromatic carbocycles. The van der Waals surface area contributed by atoms with Crippen LogP contribution in [0.1, 0.15) is 5.69 Å². The van der Waals surface area contributed by atoms with Crippen molar-refractivity contribution >= 4 is 16.8 Å². The van der Waals surface area contributed by atoms with Gasteiger partial charge in [-0.25, -0.2) is 4.98 Å². The van der Waals surface area contributed by atoms with Crippen molar-refractivity contribution < 1.29 is 5.48 Å². The number of hydrogen-bond donors (Lipinski definition) is 0. The predicted octanol–water partition coefficient (Wildman–Crippen LogP) is 0.670. The summed E-state index contributed by atoms with van der Waals surface area (Å²) in [6.07, 6.45) is 0. The van der Waals surface area contributed by atoms with Gasteiger partial charge in [0, 0.05) is 18.8 Å². The molecule has 0 saturated heterocycles. The van der Waals surface area contributed by atoms with Gasteiger partial charge in [-0.3, -0.25) is 13.8 Å². The van der Waals surface area contributed by atoms with Crippen molar-refractivity contribution in [2.24, 2.45) is 7.05 Å². The molecule has 2 aromatic heterocycles. The minimum atomic E-state index is -0.0275. The van der Waals surface area contributed by atoms with Gasteiger partial charge in [-0.05, 0) is 19.1 Å². The summed E-state index contributed by atoms with van der Waals surface area (Å²) >= 11 is 0. The van der Waals surface area contributed by atoms with Crippen LogP contribution >= 0.6 is 0 Å². The maximum absolute atomic E-state index is 11.6. The fourth-order valence-corrected chi connectivity index (χ4v) is 2.02. The van der Waals surface area contributed by atoms with E-state index in [9.17, 15) is 4.79 Å². The van der Waals surface area contributed by atoms with E-state index in [0.717, 1.165) is 16.7 Å². The number of aromatic nitrogens is 3. The maximum Gasteiger partial charge on any atom is 0.254 e. The molecule has 2 heterocycles. The third kappa shape index (κ3) is 1.43. The summed E-state index contributed by atoms with van der Waals surface area (Å²) in [7, 11) is 1.74. The molecule has 0 aliphatic carbocycles. The second kappa shape index (κ2) is 3.71. The molecular weight excluding hydrogens is 218 g/mol. The minimum Gasteiger partial charge on any atom is -0.412 e. The third-order valence-electron chi connectivity index (χ3n) is 2.86. The number of hydrogen-bond acceptors (Lipinski definition) is 2. The van der Waals surface area contributed by atoms with E-state index in [4.69, 9.17) is 0 Å². The molecule has 0 unspecified atom stereocenters. The monoisotopic (exact) mass is 231 g/mol. The first-order valence-electron chi connectivity index (χ1n) is 5.12. The molecule has 2 N–H and O–H groups in total. The molecule has 0 amide bonds. The SMILES string of the molecule is Cc1cc(=O)n(C)c2nc3ccccc3n12.O.